The first kappa shape index (κ1) is 8.42. The minimum atomic E-state index is 0.0506. The molecule has 4 atom stereocenters. The van der Waals surface area contributed by atoms with Gasteiger partial charge in [-0.1, -0.05) is 0 Å². The van der Waals surface area contributed by atoms with E-state index in [1.54, 1.807) is 12.2 Å². The lowest BCUT2D eigenvalue weighted by Crippen LogP contribution is -2.52. The van der Waals surface area contributed by atoms with E-state index in [-0.39, 0.29) is 12.1 Å². The molecule has 0 spiro atoms. The molecule has 14 heavy (non-hydrogen) atoms. The summed E-state index contributed by atoms with van der Waals surface area (Å²) in [6, 6.07) is 0.101. The monoisotopic (exact) mass is 208 g/mol. The largest absolute Gasteiger partial charge is 0.235 e. The molecule has 0 aromatic rings. The lowest BCUT2D eigenvalue weighted by atomic mass is 9.89. The van der Waals surface area contributed by atoms with Gasteiger partial charge in [0, 0.05) is 16.4 Å². The summed E-state index contributed by atoms with van der Waals surface area (Å²) in [4.78, 5) is 28.2. The molecule has 2 saturated carbocycles. The first-order chi connectivity index (χ1) is 6.86. The van der Waals surface area contributed by atoms with Gasteiger partial charge in [0.15, 0.2) is 0 Å². The highest BCUT2D eigenvalue weighted by Crippen LogP contribution is 2.65. The van der Waals surface area contributed by atoms with Crippen molar-refractivity contribution in [2.75, 3.05) is 0 Å². The van der Waals surface area contributed by atoms with E-state index in [1.165, 1.54) is 0 Å². The number of isocyanates is 2. The third-order valence-corrected chi connectivity index (χ3v) is 5.54. The van der Waals surface area contributed by atoms with Gasteiger partial charge in [-0.3, -0.25) is 0 Å². The molecule has 3 rings (SSSR count). The van der Waals surface area contributed by atoms with Crippen LogP contribution in [0.5, 0.6) is 0 Å². The standard InChI is InChI=1S/C9H8N2O2S/c12-2-10-6-4-1-5-8(6)14-9(5)7(4)11-3-13/h4-9H,1H2. The van der Waals surface area contributed by atoms with E-state index < -0.39 is 0 Å². The van der Waals surface area contributed by atoms with Crippen molar-refractivity contribution >= 4 is 23.9 Å². The first-order valence-electron chi connectivity index (χ1n) is 4.66. The zero-order valence-electron chi connectivity index (χ0n) is 7.29. The Bertz CT molecular complexity index is 341. The Morgan fingerprint density at radius 2 is 1.57 bits per heavy atom. The third-order valence-electron chi connectivity index (χ3n) is 3.66. The molecule has 3 aliphatic rings. The van der Waals surface area contributed by atoms with Crippen LogP contribution in [-0.4, -0.2) is 34.7 Å². The highest BCUT2D eigenvalue weighted by atomic mass is 32.2. The van der Waals surface area contributed by atoms with Crippen molar-refractivity contribution in [3.63, 3.8) is 0 Å². The highest BCUT2D eigenvalue weighted by Gasteiger charge is 2.66. The van der Waals surface area contributed by atoms with Crippen LogP contribution in [0, 0.1) is 11.8 Å². The van der Waals surface area contributed by atoms with Gasteiger partial charge in [-0.15, -0.1) is 11.8 Å². The number of aliphatic imine (C=N–C) groups is 2. The fraction of sp³-hybridized carbons (Fsp3) is 0.778. The van der Waals surface area contributed by atoms with Crippen LogP contribution in [0.3, 0.4) is 0 Å². The maximum Gasteiger partial charge on any atom is 0.235 e. The van der Waals surface area contributed by atoms with Crippen LogP contribution in [0.4, 0.5) is 0 Å². The fourth-order valence-electron chi connectivity index (χ4n) is 3.16. The topological polar surface area (TPSA) is 58.9 Å². The van der Waals surface area contributed by atoms with Crippen molar-refractivity contribution in [2.24, 2.45) is 21.8 Å². The number of carbonyl (C=O) groups excluding carboxylic acids is 2. The molecule has 0 radical (unpaired) electrons. The number of thioether (sulfide) groups is 1. The second-order valence-electron chi connectivity index (χ2n) is 4.05. The van der Waals surface area contributed by atoms with Crippen molar-refractivity contribution in [3.8, 4) is 0 Å². The quantitative estimate of drug-likeness (QED) is 0.491. The Hall–Kier alpha value is -0.890. The van der Waals surface area contributed by atoms with Crippen LogP contribution in [0.2, 0.25) is 0 Å². The molecular formula is C9H8N2O2S. The minimum absolute atomic E-state index is 0.0506. The smallest absolute Gasteiger partial charge is 0.211 e. The van der Waals surface area contributed by atoms with Crippen LogP contribution in [-0.2, 0) is 9.59 Å². The lowest BCUT2D eigenvalue weighted by molar-refractivity contribution is 0.357. The lowest BCUT2D eigenvalue weighted by Gasteiger charge is -2.46. The maximum absolute atomic E-state index is 10.3. The van der Waals surface area contributed by atoms with E-state index in [4.69, 9.17) is 0 Å². The molecule has 4 nitrogen and oxygen atoms in total. The number of rotatable bonds is 2. The van der Waals surface area contributed by atoms with Crippen LogP contribution in [0.25, 0.3) is 0 Å². The van der Waals surface area contributed by atoms with Gasteiger partial charge in [-0.2, -0.15) is 0 Å². The summed E-state index contributed by atoms with van der Waals surface area (Å²) in [7, 11) is 0. The van der Waals surface area contributed by atoms with Crippen LogP contribution >= 0.6 is 11.8 Å². The predicted octanol–water partition coefficient (Wildman–Crippen LogP) is 0.529. The summed E-state index contributed by atoms with van der Waals surface area (Å²) < 4.78 is 0. The summed E-state index contributed by atoms with van der Waals surface area (Å²) >= 11 is 1.82. The Morgan fingerprint density at radius 3 is 2.00 bits per heavy atom. The van der Waals surface area contributed by atoms with Gasteiger partial charge in [0.1, 0.15) is 0 Å². The molecule has 5 heteroatoms. The summed E-state index contributed by atoms with van der Waals surface area (Å²) in [5.74, 6) is 0.911. The van der Waals surface area contributed by atoms with Crippen LogP contribution in [0.15, 0.2) is 9.98 Å². The molecule has 2 bridgehead atoms. The maximum atomic E-state index is 10.3. The van der Waals surface area contributed by atoms with E-state index in [0.29, 0.717) is 22.3 Å². The Balaban J connectivity index is 1.93. The summed E-state index contributed by atoms with van der Waals surface area (Å²) in [5, 5.41) is 0.981. The third kappa shape index (κ3) is 0.825. The first-order valence-corrected chi connectivity index (χ1v) is 5.60. The average Bonchev–Trinajstić information content (AvgIpc) is 2.54. The number of hydrogen-bond donors (Lipinski definition) is 0. The SMILES string of the molecule is O=C=NC1C2CC3C1SC3C2N=C=O. The molecule has 2 aliphatic carbocycles. The van der Waals surface area contributed by atoms with E-state index in [2.05, 4.69) is 9.98 Å². The van der Waals surface area contributed by atoms with Gasteiger partial charge >= 0.3 is 0 Å². The van der Waals surface area contributed by atoms with Crippen molar-refractivity contribution in [1.29, 1.82) is 0 Å². The van der Waals surface area contributed by atoms with Crippen molar-refractivity contribution in [3.05, 3.63) is 0 Å². The van der Waals surface area contributed by atoms with E-state index in [0.717, 1.165) is 6.42 Å². The normalized spacial score (nSPS) is 51.7. The molecular weight excluding hydrogens is 200 g/mol. The van der Waals surface area contributed by atoms with Gasteiger partial charge in [0.2, 0.25) is 12.2 Å². The second-order valence-corrected chi connectivity index (χ2v) is 5.41. The zero-order valence-corrected chi connectivity index (χ0v) is 8.11. The van der Waals surface area contributed by atoms with Crippen LogP contribution in [0.1, 0.15) is 6.42 Å². The molecule has 0 aromatic carbocycles. The summed E-state index contributed by atoms with van der Waals surface area (Å²) in [6.45, 7) is 0. The number of hydrogen-bond acceptors (Lipinski definition) is 5. The van der Waals surface area contributed by atoms with E-state index >= 15 is 0 Å². The molecule has 72 valence electrons. The summed E-state index contributed by atoms with van der Waals surface area (Å²) in [6.07, 6.45) is 4.33. The van der Waals surface area contributed by atoms with Crippen molar-refractivity contribution in [1.82, 2.24) is 0 Å². The molecule has 0 aromatic heterocycles. The average molecular weight is 208 g/mol. The van der Waals surface area contributed by atoms with Gasteiger partial charge < -0.3 is 0 Å². The molecule has 1 saturated heterocycles. The molecule has 1 heterocycles. The van der Waals surface area contributed by atoms with Crippen LogP contribution < -0.4 is 0 Å². The van der Waals surface area contributed by atoms with Gasteiger partial charge in [0.05, 0.1) is 12.1 Å². The summed E-state index contributed by atoms with van der Waals surface area (Å²) in [5.41, 5.74) is 0. The Labute approximate surface area is 84.9 Å². The second kappa shape index (κ2) is 2.80. The molecule has 3 fully saturated rings. The molecule has 0 N–H and O–H groups in total. The Morgan fingerprint density at radius 1 is 1.00 bits per heavy atom. The van der Waals surface area contributed by atoms with Crippen molar-refractivity contribution in [2.45, 2.75) is 29.0 Å². The fourth-order valence-corrected chi connectivity index (χ4v) is 5.06. The molecule has 0 amide bonds. The molecule has 1 aliphatic heterocycles. The Kier molecular flexibility index (Phi) is 1.68. The zero-order chi connectivity index (χ0) is 9.71. The predicted molar refractivity (Wildman–Crippen MR) is 50.6 cm³/mol. The van der Waals surface area contributed by atoms with Gasteiger partial charge in [0.25, 0.3) is 0 Å². The molecule has 4 unspecified atom stereocenters. The van der Waals surface area contributed by atoms with Gasteiger partial charge in [-0.25, -0.2) is 19.6 Å². The number of fused-ring (bicyclic) bond motifs is 1. The number of nitrogens with zero attached hydrogens (tertiary/aromatic N) is 2. The van der Waals surface area contributed by atoms with Gasteiger partial charge in [-0.05, 0) is 12.3 Å². The van der Waals surface area contributed by atoms with E-state index in [1.807, 2.05) is 11.8 Å². The van der Waals surface area contributed by atoms with Crippen molar-refractivity contribution < 1.29 is 9.59 Å². The minimum Gasteiger partial charge on any atom is -0.211 e. The highest BCUT2D eigenvalue weighted by molar-refractivity contribution is 8.02. The van der Waals surface area contributed by atoms with E-state index in [9.17, 15) is 9.59 Å².